The van der Waals surface area contributed by atoms with E-state index in [1.54, 1.807) is 24.5 Å². The van der Waals surface area contributed by atoms with Gasteiger partial charge in [-0.3, -0.25) is 14.6 Å². The average Bonchev–Trinajstić information content (AvgIpc) is 3.04. The summed E-state index contributed by atoms with van der Waals surface area (Å²) in [5, 5.41) is 10.7. The fraction of sp³-hybridized carbons (Fsp3) is 0.0800. The van der Waals surface area contributed by atoms with Crippen molar-refractivity contribution in [2.75, 3.05) is 0 Å². The van der Waals surface area contributed by atoms with Crippen LogP contribution in [0, 0.1) is 0 Å². The van der Waals surface area contributed by atoms with Gasteiger partial charge >= 0.3 is 0 Å². The Morgan fingerprint density at radius 3 is 2.48 bits per heavy atom. The number of carbonyl (C=O) groups excluding carboxylic acids is 2. The molecule has 6 heteroatoms. The molecule has 1 aliphatic rings. The number of pyridine rings is 1. The van der Waals surface area contributed by atoms with Gasteiger partial charge in [-0.15, -0.1) is 0 Å². The molecule has 0 saturated carbocycles. The molecule has 2 aromatic carbocycles. The van der Waals surface area contributed by atoms with Crippen molar-refractivity contribution in [2.24, 2.45) is 0 Å². The van der Waals surface area contributed by atoms with Crippen LogP contribution in [0.2, 0.25) is 0 Å². The van der Waals surface area contributed by atoms with E-state index in [-0.39, 0.29) is 12.1 Å². The molecular formula is C25H19BrN2O3. The van der Waals surface area contributed by atoms with Gasteiger partial charge < -0.3 is 10.0 Å². The van der Waals surface area contributed by atoms with Crippen molar-refractivity contribution < 1.29 is 14.7 Å². The molecule has 31 heavy (non-hydrogen) atoms. The van der Waals surface area contributed by atoms with Gasteiger partial charge in [-0.25, -0.2) is 0 Å². The van der Waals surface area contributed by atoms with Crippen molar-refractivity contribution in [3.8, 4) is 0 Å². The van der Waals surface area contributed by atoms with Crippen LogP contribution in [-0.4, -0.2) is 26.7 Å². The minimum absolute atomic E-state index is 0.0726. The molecule has 1 aliphatic heterocycles. The van der Waals surface area contributed by atoms with Crippen molar-refractivity contribution in [2.45, 2.75) is 12.6 Å². The van der Waals surface area contributed by atoms with E-state index in [1.165, 1.54) is 11.0 Å². The Kier molecular flexibility index (Phi) is 6.09. The second kappa shape index (κ2) is 9.10. The first-order valence-electron chi connectivity index (χ1n) is 9.70. The molecule has 1 amide bonds. The topological polar surface area (TPSA) is 70.5 Å². The number of hydrogen-bond acceptors (Lipinski definition) is 4. The lowest BCUT2D eigenvalue weighted by molar-refractivity contribution is -0.130. The molecule has 0 fully saturated rings. The third-order valence-electron chi connectivity index (χ3n) is 5.06. The average molecular weight is 475 g/mol. The minimum atomic E-state index is -0.700. The van der Waals surface area contributed by atoms with Crippen molar-refractivity contribution in [3.63, 3.8) is 0 Å². The summed E-state index contributed by atoms with van der Waals surface area (Å²) in [5.41, 5.74) is 2.47. The van der Waals surface area contributed by atoms with Gasteiger partial charge in [0.2, 0.25) is 0 Å². The lowest BCUT2D eigenvalue weighted by atomic mass is 9.95. The number of ketones is 1. The first kappa shape index (κ1) is 20.8. The molecule has 1 atom stereocenters. The highest BCUT2D eigenvalue weighted by Gasteiger charge is 2.42. The molecular weight excluding hydrogens is 456 g/mol. The number of benzene rings is 2. The van der Waals surface area contributed by atoms with Crippen LogP contribution in [0.5, 0.6) is 0 Å². The standard InChI is InChI=1S/C25H19BrN2O3/c26-20-11-9-19(10-12-20)23-22(21(29)13-8-17-5-2-1-3-6-17)24(30)25(31)28(23)16-18-7-4-14-27-15-18/h1-15,23,30H,16H2/b13-8+. The van der Waals surface area contributed by atoms with Crippen LogP contribution in [-0.2, 0) is 16.1 Å². The Hall–Kier alpha value is -3.51. The summed E-state index contributed by atoms with van der Waals surface area (Å²) in [6, 6.07) is 19.7. The Morgan fingerprint density at radius 1 is 1.06 bits per heavy atom. The van der Waals surface area contributed by atoms with Crippen molar-refractivity contribution in [1.82, 2.24) is 9.88 Å². The summed E-state index contributed by atoms with van der Waals surface area (Å²) in [4.78, 5) is 31.7. The van der Waals surface area contributed by atoms with Crippen LogP contribution >= 0.6 is 15.9 Å². The second-order valence-electron chi connectivity index (χ2n) is 7.12. The number of aromatic nitrogens is 1. The van der Waals surface area contributed by atoms with Crippen molar-refractivity contribution in [3.05, 3.63) is 118 Å². The summed E-state index contributed by atoms with van der Waals surface area (Å²) < 4.78 is 0.879. The van der Waals surface area contributed by atoms with Gasteiger partial charge in [0.1, 0.15) is 0 Å². The molecule has 0 spiro atoms. The minimum Gasteiger partial charge on any atom is -0.503 e. The fourth-order valence-corrected chi connectivity index (χ4v) is 3.84. The normalized spacial score (nSPS) is 16.4. The number of halogens is 1. The predicted octanol–water partition coefficient (Wildman–Crippen LogP) is 5.02. The van der Waals surface area contributed by atoms with E-state index >= 15 is 0 Å². The SMILES string of the molecule is O=C(/C=C/c1ccccc1)C1=C(O)C(=O)N(Cc2cccnc2)C1c1ccc(Br)cc1. The number of aliphatic hydroxyl groups excluding tert-OH is 1. The highest BCUT2D eigenvalue weighted by atomic mass is 79.9. The first-order valence-corrected chi connectivity index (χ1v) is 10.5. The van der Waals surface area contributed by atoms with Gasteiger partial charge in [-0.2, -0.15) is 0 Å². The zero-order chi connectivity index (χ0) is 21.8. The summed E-state index contributed by atoms with van der Waals surface area (Å²) >= 11 is 3.41. The van der Waals surface area contributed by atoms with Crippen LogP contribution in [0.15, 0.2) is 101 Å². The maximum absolute atomic E-state index is 13.1. The van der Waals surface area contributed by atoms with Gasteiger partial charge in [0.05, 0.1) is 11.6 Å². The number of aliphatic hydroxyl groups is 1. The number of carbonyl (C=O) groups is 2. The molecule has 1 aromatic heterocycles. The van der Waals surface area contributed by atoms with E-state index < -0.39 is 23.5 Å². The van der Waals surface area contributed by atoms with E-state index in [4.69, 9.17) is 0 Å². The number of amides is 1. The Balaban J connectivity index is 1.72. The summed E-state index contributed by atoms with van der Waals surface area (Å²) in [5.74, 6) is -1.50. The Bertz CT molecular complexity index is 1160. The molecule has 4 rings (SSSR count). The molecule has 154 valence electrons. The third kappa shape index (κ3) is 4.49. The van der Waals surface area contributed by atoms with Crippen molar-refractivity contribution in [1.29, 1.82) is 0 Å². The Labute approximate surface area is 188 Å². The molecule has 3 aromatic rings. The number of allylic oxidation sites excluding steroid dienone is 1. The van der Waals surface area contributed by atoms with Gasteiger partial charge in [-0.1, -0.05) is 70.5 Å². The van der Waals surface area contributed by atoms with E-state index in [1.807, 2.05) is 60.7 Å². The molecule has 0 saturated heterocycles. The van der Waals surface area contributed by atoms with E-state index in [9.17, 15) is 14.7 Å². The maximum atomic E-state index is 13.1. The summed E-state index contributed by atoms with van der Waals surface area (Å²) in [6.07, 6.45) is 6.39. The van der Waals surface area contributed by atoms with Gasteiger partial charge in [0, 0.05) is 23.4 Å². The zero-order valence-corrected chi connectivity index (χ0v) is 18.1. The quantitative estimate of drug-likeness (QED) is 0.509. The fourth-order valence-electron chi connectivity index (χ4n) is 3.57. The molecule has 0 radical (unpaired) electrons. The van der Waals surface area contributed by atoms with Crippen molar-refractivity contribution >= 4 is 33.7 Å². The van der Waals surface area contributed by atoms with Gasteiger partial charge in [0.15, 0.2) is 11.5 Å². The third-order valence-corrected chi connectivity index (χ3v) is 5.59. The molecule has 5 nitrogen and oxygen atoms in total. The Morgan fingerprint density at radius 2 is 1.81 bits per heavy atom. The number of nitrogens with zero attached hydrogens (tertiary/aromatic N) is 2. The highest BCUT2D eigenvalue weighted by Crippen LogP contribution is 2.39. The zero-order valence-electron chi connectivity index (χ0n) is 16.5. The summed E-state index contributed by atoms with van der Waals surface area (Å²) in [6.45, 7) is 0.219. The van der Waals surface area contributed by atoms with E-state index in [0.717, 1.165) is 21.2 Å². The summed E-state index contributed by atoms with van der Waals surface area (Å²) in [7, 11) is 0. The van der Waals surface area contributed by atoms with Crippen LogP contribution in [0.1, 0.15) is 22.7 Å². The van der Waals surface area contributed by atoms with Crippen LogP contribution < -0.4 is 0 Å². The van der Waals surface area contributed by atoms with E-state index in [0.29, 0.717) is 0 Å². The number of hydrogen-bond donors (Lipinski definition) is 1. The molecule has 1 unspecified atom stereocenters. The lowest BCUT2D eigenvalue weighted by Crippen LogP contribution is -2.30. The number of rotatable bonds is 6. The highest BCUT2D eigenvalue weighted by molar-refractivity contribution is 9.10. The monoisotopic (exact) mass is 474 g/mol. The molecule has 0 bridgehead atoms. The largest absolute Gasteiger partial charge is 0.503 e. The molecule has 2 heterocycles. The van der Waals surface area contributed by atoms with Gasteiger partial charge in [0.25, 0.3) is 5.91 Å². The van der Waals surface area contributed by atoms with Crippen LogP contribution in [0.4, 0.5) is 0 Å². The van der Waals surface area contributed by atoms with Crippen LogP contribution in [0.25, 0.3) is 6.08 Å². The maximum Gasteiger partial charge on any atom is 0.290 e. The van der Waals surface area contributed by atoms with Gasteiger partial charge in [-0.05, 0) is 41.0 Å². The first-order chi connectivity index (χ1) is 15.0. The lowest BCUT2D eigenvalue weighted by Gasteiger charge is -2.26. The second-order valence-corrected chi connectivity index (χ2v) is 8.03. The predicted molar refractivity (Wildman–Crippen MR) is 122 cm³/mol. The smallest absolute Gasteiger partial charge is 0.290 e. The van der Waals surface area contributed by atoms with Crippen LogP contribution in [0.3, 0.4) is 0 Å². The molecule has 0 aliphatic carbocycles. The molecule has 1 N–H and O–H groups in total. The van der Waals surface area contributed by atoms with E-state index in [2.05, 4.69) is 20.9 Å².